The Labute approximate surface area is 232 Å². The number of esters is 1. The van der Waals surface area contributed by atoms with Gasteiger partial charge >= 0.3 is 5.97 Å². The fourth-order valence-corrected chi connectivity index (χ4v) is 5.19. The predicted molar refractivity (Wildman–Crippen MR) is 144 cm³/mol. The van der Waals surface area contributed by atoms with Crippen LogP contribution in [0.3, 0.4) is 0 Å². The molecule has 0 unspecified atom stereocenters. The molecule has 0 aliphatic carbocycles. The van der Waals surface area contributed by atoms with Crippen LogP contribution in [0, 0.1) is 11.8 Å². The molecule has 1 heterocycles. The van der Waals surface area contributed by atoms with Crippen molar-refractivity contribution >= 4 is 5.97 Å². The molecule has 1 aliphatic rings. The first kappa shape index (κ1) is 28.8. The first-order valence-corrected chi connectivity index (χ1v) is 12.8. The Balaban J connectivity index is 1.63. The SMILES string of the molecule is COc1cc(C[C@@H]2C(=O)OC[C@@H]2Cc2cc(OC)c(O)c([C@@H](CO)[C@@H](O)c3ccc(O)c(OC)c3)c2)ccc1O. The second-order valence-corrected chi connectivity index (χ2v) is 9.81. The first-order chi connectivity index (χ1) is 19.2. The second kappa shape index (κ2) is 12.4. The van der Waals surface area contributed by atoms with E-state index in [9.17, 15) is 30.3 Å². The Morgan fingerprint density at radius 3 is 2.12 bits per heavy atom. The lowest BCUT2D eigenvalue weighted by molar-refractivity contribution is -0.141. The van der Waals surface area contributed by atoms with E-state index < -0.39 is 24.5 Å². The van der Waals surface area contributed by atoms with Crippen LogP contribution in [0.25, 0.3) is 0 Å². The summed E-state index contributed by atoms with van der Waals surface area (Å²) in [6.07, 6.45) is -0.474. The zero-order valence-corrected chi connectivity index (χ0v) is 22.5. The highest BCUT2D eigenvalue weighted by atomic mass is 16.5. The first-order valence-electron chi connectivity index (χ1n) is 12.8. The molecule has 40 heavy (non-hydrogen) atoms. The van der Waals surface area contributed by atoms with E-state index in [0.717, 1.165) is 11.1 Å². The van der Waals surface area contributed by atoms with Crippen molar-refractivity contribution in [2.24, 2.45) is 11.8 Å². The Morgan fingerprint density at radius 1 is 0.850 bits per heavy atom. The number of aromatic hydroxyl groups is 3. The molecule has 214 valence electrons. The highest BCUT2D eigenvalue weighted by molar-refractivity contribution is 5.75. The standard InChI is InChI=1S/C30H34O10/c1-37-25-11-16(4-6-23(25)32)9-20-19(15-40-30(20)36)8-17-10-21(29(35)27(12-17)39-3)22(14-31)28(34)18-5-7-24(33)26(13-18)38-2/h4-7,10-13,19-20,22,28,31-35H,8-9,14-15H2,1-3H3/t19-,20-,22+,28-/m0/s1. The number of hydrogen-bond donors (Lipinski definition) is 5. The van der Waals surface area contributed by atoms with Crippen molar-refractivity contribution in [1.82, 2.24) is 0 Å². The molecule has 3 aromatic carbocycles. The molecule has 1 saturated heterocycles. The minimum Gasteiger partial charge on any atom is -0.504 e. The average Bonchev–Trinajstić information content (AvgIpc) is 3.29. The van der Waals surface area contributed by atoms with Gasteiger partial charge in [-0.05, 0) is 59.9 Å². The fourth-order valence-electron chi connectivity index (χ4n) is 5.19. The number of cyclic esters (lactones) is 1. The number of phenols is 3. The summed E-state index contributed by atoms with van der Waals surface area (Å²) in [4.78, 5) is 12.7. The molecular formula is C30H34O10. The molecule has 0 radical (unpaired) electrons. The zero-order valence-electron chi connectivity index (χ0n) is 22.5. The number of phenolic OH excluding ortho intramolecular Hbond substituents is 3. The highest BCUT2D eigenvalue weighted by Gasteiger charge is 2.37. The number of benzene rings is 3. The third kappa shape index (κ3) is 5.88. The van der Waals surface area contributed by atoms with Gasteiger partial charge in [-0.25, -0.2) is 0 Å². The number of hydrogen-bond acceptors (Lipinski definition) is 10. The van der Waals surface area contributed by atoms with Crippen LogP contribution in [0.4, 0.5) is 0 Å². The lowest BCUT2D eigenvalue weighted by atomic mass is 9.83. The van der Waals surface area contributed by atoms with Crippen LogP contribution in [-0.4, -0.2) is 66.0 Å². The summed E-state index contributed by atoms with van der Waals surface area (Å²) in [7, 11) is 4.24. The van der Waals surface area contributed by atoms with Crippen LogP contribution in [0.15, 0.2) is 48.5 Å². The van der Waals surface area contributed by atoms with Gasteiger partial charge in [0.15, 0.2) is 34.5 Å². The lowest BCUT2D eigenvalue weighted by Gasteiger charge is -2.25. The molecule has 0 amide bonds. The van der Waals surface area contributed by atoms with Crippen LogP contribution in [0.1, 0.15) is 34.3 Å². The average molecular weight is 555 g/mol. The van der Waals surface area contributed by atoms with E-state index in [0.29, 0.717) is 24.2 Å². The minimum atomic E-state index is -1.25. The summed E-state index contributed by atoms with van der Waals surface area (Å²) < 4.78 is 21.1. The molecule has 10 heteroatoms. The van der Waals surface area contributed by atoms with E-state index in [4.69, 9.17) is 18.9 Å². The Kier molecular flexibility index (Phi) is 8.91. The third-order valence-electron chi connectivity index (χ3n) is 7.42. The molecule has 1 aliphatic heterocycles. The number of aliphatic hydroxyl groups is 2. The van der Waals surface area contributed by atoms with Gasteiger partial charge in [-0.15, -0.1) is 0 Å². The van der Waals surface area contributed by atoms with Gasteiger partial charge < -0.3 is 44.5 Å². The van der Waals surface area contributed by atoms with Gasteiger partial charge in [0, 0.05) is 17.4 Å². The molecule has 0 aromatic heterocycles. The maximum atomic E-state index is 12.7. The largest absolute Gasteiger partial charge is 0.504 e. The Morgan fingerprint density at radius 2 is 1.48 bits per heavy atom. The summed E-state index contributed by atoms with van der Waals surface area (Å²) >= 11 is 0. The van der Waals surface area contributed by atoms with Crippen molar-refractivity contribution < 1.29 is 49.3 Å². The smallest absolute Gasteiger partial charge is 0.309 e. The number of carbonyl (C=O) groups excluding carboxylic acids is 1. The van der Waals surface area contributed by atoms with Crippen LogP contribution in [-0.2, 0) is 22.4 Å². The summed E-state index contributed by atoms with van der Waals surface area (Å²) in [5.41, 5.74) is 2.16. The summed E-state index contributed by atoms with van der Waals surface area (Å²) in [5, 5.41) is 52.2. The molecule has 3 aromatic rings. The van der Waals surface area contributed by atoms with Crippen LogP contribution < -0.4 is 14.2 Å². The maximum absolute atomic E-state index is 12.7. The zero-order chi connectivity index (χ0) is 29.0. The Hall–Kier alpha value is -4.15. The van der Waals surface area contributed by atoms with Crippen LogP contribution >= 0.6 is 0 Å². The van der Waals surface area contributed by atoms with Gasteiger partial charge in [0.25, 0.3) is 0 Å². The van der Waals surface area contributed by atoms with Crippen molar-refractivity contribution in [2.75, 3.05) is 34.5 Å². The topological polar surface area (TPSA) is 155 Å². The maximum Gasteiger partial charge on any atom is 0.309 e. The van der Waals surface area contributed by atoms with Gasteiger partial charge in [0.2, 0.25) is 0 Å². The van der Waals surface area contributed by atoms with E-state index in [2.05, 4.69) is 0 Å². The summed E-state index contributed by atoms with van der Waals surface area (Å²) in [6, 6.07) is 12.6. The van der Waals surface area contributed by atoms with Crippen molar-refractivity contribution in [3.05, 3.63) is 70.8 Å². The second-order valence-electron chi connectivity index (χ2n) is 9.81. The van der Waals surface area contributed by atoms with Gasteiger partial charge in [0.05, 0.1) is 46.6 Å². The van der Waals surface area contributed by atoms with E-state index in [1.165, 1.54) is 45.6 Å². The van der Waals surface area contributed by atoms with Crippen molar-refractivity contribution in [3.63, 3.8) is 0 Å². The Bertz CT molecular complexity index is 1350. The minimum absolute atomic E-state index is 0.00638. The molecule has 10 nitrogen and oxygen atoms in total. The molecule has 0 spiro atoms. The molecule has 5 N–H and O–H groups in total. The van der Waals surface area contributed by atoms with Crippen LogP contribution in [0.2, 0.25) is 0 Å². The molecule has 0 saturated carbocycles. The monoisotopic (exact) mass is 554 g/mol. The lowest BCUT2D eigenvalue weighted by Crippen LogP contribution is -2.21. The molecule has 4 atom stereocenters. The number of aliphatic hydroxyl groups excluding tert-OH is 2. The van der Waals surface area contributed by atoms with Gasteiger partial charge in [-0.2, -0.15) is 0 Å². The van der Waals surface area contributed by atoms with Crippen molar-refractivity contribution in [1.29, 1.82) is 0 Å². The van der Waals surface area contributed by atoms with Gasteiger partial charge in [-0.1, -0.05) is 18.2 Å². The molecule has 1 fully saturated rings. The van der Waals surface area contributed by atoms with Crippen molar-refractivity contribution in [2.45, 2.75) is 24.9 Å². The fraction of sp³-hybridized carbons (Fsp3) is 0.367. The molecular weight excluding hydrogens is 520 g/mol. The molecule has 0 bridgehead atoms. The van der Waals surface area contributed by atoms with Crippen molar-refractivity contribution in [3.8, 4) is 34.5 Å². The van der Waals surface area contributed by atoms with Gasteiger partial charge in [0.1, 0.15) is 0 Å². The molecule has 4 rings (SSSR count). The van der Waals surface area contributed by atoms with E-state index in [1.807, 2.05) is 0 Å². The number of carbonyl (C=O) groups is 1. The summed E-state index contributed by atoms with van der Waals surface area (Å²) in [6.45, 7) is -0.294. The summed E-state index contributed by atoms with van der Waals surface area (Å²) in [5.74, 6) is -1.61. The van der Waals surface area contributed by atoms with E-state index in [1.54, 1.807) is 24.3 Å². The van der Waals surface area contributed by atoms with E-state index in [-0.39, 0.29) is 52.8 Å². The predicted octanol–water partition coefficient (Wildman–Crippen LogP) is 3.21. The van der Waals surface area contributed by atoms with Gasteiger partial charge in [-0.3, -0.25) is 4.79 Å². The highest BCUT2D eigenvalue weighted by Crippen LogP contribution is 2.43. The normalized spacial score (nSPS) is 18.2. The number of ether oxygens (including phenoxy) is 4. The number of rotatable bonds is 11. The quantitative estimate of drug-likeness (QED) is 0.223. The van der Waals surface area contributed by atoms with Crippen LogP contribution in [0.5, 0.6) is 34.5 Å². The number of methoxy groups -OCH3 is 3. The third-order valence-corrected chi connectivity index (χ3v) is 7.42. The van der Waals surface area contributed by atoms with E-state index >= 15 is 0 Å².